The molecule has 0 amide bonds. The van der Waals surface area contributed by atoms with Crippen LogP contribution in [0.3, 0.4) is 0 Å². The van der Waals surface area contributed by atoms with Crippen molar-refractivity contribution in [3.8, 4) is 0 Å². The van der Waals surface area contributed by atoms with Gasteiger partial charge in [0.05, 0.1) is 0 Å². The van der Waals surface area contributed by atoms with E-state index in [1.165, 1.54) is 57.8 Å². The van der Waals surface area contributed by atoms with Crippen LogP contribution in [-0.2, 0) is 0 Å². The highest BCUT2D eigenvalue weighted by Gasteiger charge is 2.29. The molecule has 1 heteroatoms. The molecule has 0 saturated carbocycles. The molecular formula is C20H43B. The predicted molar refractivity (Wildman–Crippen MR) is 102 cm³/mol. The normalized spacial score (nSPS) is 18.2. The van der Waals surface area contributed by atoms with Gasteiger partial charge in [-0.2, -0.15) is 0 Å². The van der Waals surface area contributed by atoms with Crippen molar-refractivity contribution in [2.45, 2.75) is 112 Å². The van der Waals surface area contributed by atoms with E-state index in [9.17, 15) is 0 Å². The molecule has 0 radical (unpaired) electrons. The molecule has 0 bridgehead atoms. The van der Waals surface area contributed by atoms with E-state index >= 15 is 0 Å². The first-order valence-corrected chi connectivity index (χ1v) is 9.64. The summed E-state index contributed by atoms with van der Waals surface area (Å²) in [5.41, 5.74) is 0.493. The van der Waals surface area contributed by atoms with Crippen molar-refractivity contribution in [1.29, 1.82) is 0 Å². The molecule has 0 aliphatic heterocycles. The number of hydrogen-bond acceptors (Lipinski definition) is 0. The maximum Gasteiger partial charge on any atom is 0.109 e. The minimum absolute atomic E-state index is 0.493. The Hall–Kier alpha value is 0.0649. The lowest BCUT2D eigenvalue weighted by molar-refractivity contribution is 0.274. The molecule has 0 saturated heterocycles. The first-order chi connectivity index (χ1) is 9.64. The molecule has 0 aromatic rings. The fraction of sp³-hybridized carbons (Fsp3) is 1.00. The Bertz CT molecular complexity index is 253. The minimum atomic E-state index is 0.493. The molecule has 0 heterocycles. The van der Waals surface area contributed by atoms with Gasteiger partial charge in [0.15, 0.2) is 0 Å². The Kier molecular flexibility index (Phi) is 9.99. The highest BCUT2D eigenvalue weighted by atomic mass is 14.3. The lowest BCUT2D eigenvalue weighted by Crippen LogP contribution is -2.23. The minimum Gasteiger partial charge on any atom is -0.0654 e. The van der Waals surface area contributed by atoms with Crippen molar-refractivity contribution < 1.29 is 0 Å². The van der Waals surface area contributed by atoms with Gasteiger partial charge in [0.2, 0.25) is 0 Å². The smallest absolute Gasteiger partial charge is 0.0654 e. The van der Waals surface area contributed by atoms with Crippen molar-refractivity contribution in [3.05, 3.63) is 0 Å². The van der Waals surface area contributed by atoms with Crippen LogP contribution in [0, 0.1) is 17.3 Å². The molecule has 0 aromatic carbocycles. The summed E-state index contributed by atoms with van der Waals surface area (Å²) in [5, 5.41) is 0.565. The van der Waals surface area contributed by atoms with E-state index in [0.717, 1.165) is 11.8 Å². The average Bonchev–Trinajstić information content (AvgIpc) is 2.37. The summed E-state index contributed by atoms with van der Waals surface area (Å²) in [6.07, 6.45) is 12.5. The summed E-state index contributed by atoms with van der Waals surface area (Å²) >= 11 is 0. The van der Waals surface area contributed by atoms with Crippen LogP contribution in [0.5, 0.6) is 0 Å². The largest absolute Gasteiger partial charge is 0.109 e. The lowest BCUT2D eigenvalue weighted by Gasteiger charge is -2.37. The van der Waals surface area contributed by atoms with E-state index in [1.54, 1.807) is 0 Å². The fourth-order valence-corrected chi connectivity index (χ4v) is 3.54. The van der Waals surface area contributed by atoms with Gasteiger partial charge < -0.3 is 0 Å². The van der Waals surface area contributed by atoms with Crippen LogP contribution in [0.1, 0.15) is 106 Å². The van der Waals surface area contributed by atoms with Gasteiger partial charge in [-0.25, -0.2) is 0 Å². The van der Waals surface area contributed by atoms with Crippen LogP contribution < -0.4 is 0 Å². The molecule has 0 aromatic heterocycles. The lowest BCUT2D eigenvalue weighted by atomic mass is 9.55. The standard InChI is InChI=1S/C20H43B/c1-8-14-20(21,16-11-15-19(5,6)7)18(4)13-10-12-17(3)9-2/h17-18H,8-16,21H2,1-7H3. The molecule has 0 fully saturated rings. The maximum absolute atomic E-state index is 2.56. The van der Waals surface area contributed by atoms with Crippen LogP contribution in [0.4, 0.5) is 0 Å². The van der Waals surface area contributed by atoms with E-state index in [1.807, 2.05) is 0 Å². The van der Waals surface area contributed by atoms with Crippen molar-refractivity contribution in [2.75, 3.05) is 0 Å². The van der Waals surface area contributed by atoms with Gasteiger partial charge in [-0.1, -0.05) is 105 Å². The second kappa shape index (κ2) is 9.96. The Labute approximate surface area is 137 Å². The van der Waals surface area contributed by atoms with E-state index in [2.05, 4.69) is 56.3 Å². The fourth-order valence-electron chi connectivity index (χ4n) is 3.54. The SMILES string of the molecule is BC(CCC)(CCCC(C)(C)C)C(C)CCCC(C)CC. The monoisotopic (exact) mass is 294 g/mol. The first-order valence-electron chi connectivity index (χ1n) is 9.64. The van der Waals surface area contributed by atoms with Gasteiger partial charge in [-0.15, -0.1) is 0 Å². The molecular weight excluding hydrogens is 251 g/mol. The van der Waals surface area contributed by atoms with Crippen molar-refractivity contribution in [1.82, 2.24) is 0 Å². The molecule has 21 heavy (non-hydrogen) atoms. The second-order valence-corrected chi connectivity index (χ2v) is 9.16. The third-order valence-electron chi connectivity index (χ3n) is 5.72. The summed E-state index contributed by atoms with van der Waals surface area (Å²) in [6, 6.07) is 0. The summed E-state index contributed by atoms with van der Waals surface area (Å²) in [6.45, 7) is 16.7. The van der Waals surface area contributed by atoms with E-state index < -0.39 is 0 Å². The third-order valence-corrected chi connectivity index (χ3v) is 5.72. The summed E-state index contributed by atoms with van der Waals surface area (Å²) in [5.74, 6) is 1.79. The molecule has 0 aliphatic rings. The van der Waals surface area contributed by atoms with Crippen molar-refractivity contribution >= 4 is 7.85 Å². The number of hydrogen-bond donors (Lipinski definition) is 0. The van der Waals surface area contributed by atoms with E-state index in [0.29, 0.717) is 10.7 Å². The van der Waals surface area contributed by atoms with Crippen molar-refractivity contribution in [3.63, 3.8) is 0 Å². The third kappa shape index (κ3) is 9.64. The van der Waals surface area contributed by atoms with Gasteiger partial charge in [-0.3, -0.25) is 0 Å². The Morgan fingerprint density at radius 2 is 1.48 bits per heavy atom. The first kappa shape index (κ1) is 21.1. The van der Waals surface area contributed by atoms with Crippen molar-refractivity contribution in [2.24, 2.45) is 17.3 Å². The molecule has 3 unspecified atom stereocenters. The molecule has 0 N–H and O–H groups in total. The van der Waals surface area contributed by atoms with Crippen LogP contribution in [0.2, 0.25) is 5.31 Å². The van der Waals surface area contributed by atoms with Gasteiger partial charge in [-0.05, 0) is 23.7 Å². The summed E-state index contributed by atoms with van der Waals surface area (Å²) < 4.78 is 0. The van der Waals surface area contributed by atoms with Gasteiger partial charge >= 0.3 is 0 Å². The maximum atomic E-state index is 2.56. The predicted octanol–water partition coefficient (Wildman–Crippen LogP) is 6.65. The molecule has 3 atom stereocenters. The summed E-state index contributed by atoms with van der Waals surface area (Å²) in [7, 11) is 2.56. The van der Waals surface area contributed by atoms with Crippen LogP contribution >= 0.6 is 0 Å². The molecule has 0 spiro atoms. The Morgan fingerprint density at radius 1 is 0.857 bits per heavy atom. The van der Waals surface area contributed by atoms with E-state index in [-0.39, 0.29) is 0 Å². The Morgan fingerprint density at radius 3 is 1.95 bits per heavy atom. The molecule has 0 rings (SSSR count). The van der Waals surface area contributed by atoms with E-state index in [4.69, 9.17) is 0 Å². The molecule has 0 nitrogen and oxygen atoms in total. The van der Waals surface area contributed by atoms with Gasteiger partial charge in [0.1, 0.15) is 7.85 Å². The van der Waals surface area contributed by atoms with Gasteiger partial charge in [0.25, 0.3) is 0 Å². The average molecular weight is 294 g/mol. The summed E-state index contributed by atoms with van der Waals surface area (Å²) in [4.78, 5) is 0. The zero-order valence-electron chi connectivity index (χ0n) is 16.5. The van der Waals surface area contributed by atoms with Crippen LogP contribution in [0.25, 0.3) is 0 Å². The molecule has 0 aliphatic carbocycles. The number of rotatable bonds is 11. The zero-order chi connectivity index (χ0) is 16.5. The van der Waals surface area contributed by atoms with Gasteiger partial charge in [0, 0.05) is 0 Å². The highest BCUT2D eigenvalue weighted by Crippen LogP contribution is 2.45. The molecule has 126 valence electrons. The second-order valence-electron chi connectivity index (χ2n) is 9.16. The zero-order valence-corrected chi connectivity index (χ0v) is 16.5. The topological polar surface area (TPSA) is 0 Å². The van der Waals surface area contributed by atoms with Crippen LogP contribution in [-0.4, -0.2) is 7.85 Å². The quantitative estimate of drug-likeness (QED) is 0.374. The van der Waals surface area contributed by atoms with Crippen LogP contribution in [0.15, 0.2) is 0 Å². The Balaban J connectivity index is 4.33. The highest BCUT2D eigenvalue weighted by molar-refractivity contribution is 6.15.